The SMILES string of the molecule is SCCc1ccc2[nH]c3c(c2c1)CCCC3. The van der Waals surface area contributed by atoms with Gasteiger partial charge in [0.15, 0.2) is 0 Å². The Morgan fingerprint density at radius 3 is 2.94 bits per heavy atom. The molecular formula is C14H17NS. The summed E-state index contributed by atoms with van der Waals surface area (Å²) in [5.41, 5.74) is 5.77. The number of rotatable bonds is 2. The number of aromatic nitrogens is 1. The van der Waals surface area contributed by atoms with Crippen molar-refractivity contribution < 1.29 is 0 Å². The lowest BCUT2D eigenvalue weighted by molar-refractivity contribution is 0.680. The Morgan fingerprint density at radius 2 is 2.06 bits per heavy atom. The molecule has 1 aromatic heterocycles. The Kier molecular flexibility index (Phi) is 2.68. The summed E-state index contributed by atoms with van der Waals surface area (Å²) in [7, 11) is 0. The highest BCUT2D eigenvalue weighted by Gasteiger charge is 2.15. The van der Waals surface area contributed by atoms with Crippen LogP contribution in [-0.2, 0) is 19.3 Å². The van der Waals surface area contributed by atoms with E-state index in [0.29, 0.717) is 0 Å². The molecule has 0 spiro atoms. The third-order valence-corrected chi connectivity index (χ3v) is 3.79. The third kappa shape index (κ3) is 1.65. The number of H-pyrrole nitrogens is 1. The Bertz CT molecular complexity index is 513. The van der Waals surface area contributed by atoms with Crippen LogP contribution in [-0.4, -0.2) is 10.7 Å². The molecule has 1 heterocycles. The van der Waals surface area contributed by atoms with Gasteiger partial charge in [0.2, 0.25) is 0 Å². The van der Waals surface area contributed by atoms with Gasteiger partial charge < -0.3 is 4.98 Å². The second kappa shape index (κ2) is 4.17. The first-order valence-electron chi connectivity index (χ1n) is 6.11. The van der Waals surface area contributed by atoms with Gasteiger partial charge in [-0.05, 0) is 61.1 Å². The van der Waals surface area contributed by atoms with E-state index in [1.807, 2.05) is 0 Å². The van der Waals surface area contributed by atoms with Crippen LogP contribution in [0.25, 0.3) is 10.9 Å². The molecule has 0 amide bonds. The van der Waals surface area contributed by atoms with Gasteiger partial charge in [0.05, 0.1) is 0 Å². The highest BCUT2D eigenvalue weighted by atomic mass is 32.1. The molecule has 16 heavy (non-hydrogen) atoms. The highest BCUT2D eigenvalue weighted by Crippen LogP contribution is 2.29. The zero-order valence-electron chi connectivity index (χ0n) is 9.42. The average molecular weight is 231 g/mol. The summed E-state index contributed by atoms with van der Waals surface area (Å²) < 4.78 is 0. The van der Waals surface area contributed by atoms with Crippen molar-refractivity contribution in [2.75, 3.05) is 5.75 Å². The average Bonchev–Trinajstić information content (AvgIpc) is 2.68. The second-order valence-electron chi connectivity index (χ2n) is 4.64. The second-order valence-corrected chi connectivity index (χ2v) is 5.09. The number of benzene rings is 1. The fraction of sp³-hybridized carbons (Fsp3) is 0.429. The summed E-state index contributed by atoms with van der Waals surface area (Å²) in [5.74, 6) is 0.929. The van der Waals surface area contributed by atoms with Crippen molar-refractivity contribution in [3.8, 4) is 0 Å². The van der Waals surface area contributed by atoms with Crippen molar-refractivity contribution in [2.45, 2.75) is 32.1 Å². The Morgan fingerprint density at radius 1 is 1.19 bits per heavy atom. The van der Waals surface area contributed by atoms with Crippen LogP contribution in [0, 0.1) is 0 Å². The summed E-state index contributed by atoms with van der Waals surface area (Å²) in [6, 6.07) is 6.80. The van der Waals surface area contributed by atoms with E-state index in [0.717, 1.165) is 12.2 Å². The van der Waals surface area contributed by atoms with E-state index in [-0.39, 0.29) is 0 Å². The Hall–Kier alpha value is -0.890. The molecule has 1 aliphatic rings. The summed E-state index contributed by atoms with van der Waals surface area (Å²) in [6.07, 6.45) is 6.23. The van der Waals surface area contributed by atoms with Crippen LogP contribution in [0.3, 0.4) is 0 Å². The van der Waals surface area contributed by atoms with E-state index < -0.39 is 0 Å². The zero-order valence-corrected chi connectivity index (χ0v) is 10.3. The van der Waals surface area contributed by atoms with E-state index >= 15 is 0 Å². The maximum absolute atomic E-state index is 4.30. The summed E-state index contributed by atoms with van der Waals surface area (Å²) in [5, 5.41) is 1.45. The van der Waals surface area contributed by atoms with E-state index in [1.165, 1.54) is 47.8 Å². The molecule has 0 saturated heterocycles. The standard InChI is InChI=1S/C14H17NS/c16-8-7-10-5-6-14-12(9-10)11-3-1-2-4-13(11)15-14/h5-6,9,15-16H,1-4,7-8H2. The van der Waals surface area contributed by atoms with Gasteiger partial charge in [0.25, 0.3) is 0 Å². The van der Waals surface area contributed by atoms with Gasteiger partial charge in [0.1, 0.15) is 0 Å². The molecule has 1 aliphatic carbocycles. The molecule has 0 radical (unpaired) electrons. The minimum absolute atomic E-state index is 0.929. The first-order chi connectivity index (χ1) is 7.88. The van der Waals surface area contributed by atoms with Gasteiger partial charge in [-0.15, -0.1) is 0 Å². The van der Waals surface area contributed by atoms with Crippen LogP contribution >= 0.6 is 12.6 Å². The van der Waals surface area contributed by atoms with Crippen molar-refractivity contribution in [3.63, 3.8) is 0 Å². The van der Waals surface area contributed by atoms with Crippen molar-refractivity contribution in [1.29, 1.82) is 0 Å². The van der Waals surface area contributed by atoms with Crippen LogP contribution in [0.2, 0.25) is 0 Å². The quantitative estimate of drug-likeness (QED) is 0.736. The van der Waals surface area contributed by atoms with Gasteiger partial charge in [-0.3, -0.25) is 0 Å². The lowest BCUT2D eigenvalue weighted by Gasteiger charge is -2.10. The molecule has 0 unspecified atom stereocenters. The number of aryl methyl sites for hydroxylation is 3. The maximum atomic E-state index is 4.30. The smallest absolute Gasteiger partial charge is 0.0459 e. The van der Waals surface area contributed by atoms with Gasteiger partial charge in [-0.2, -0.15) is 12.6 Å². The Balaban J connectivity index is 2.13. The van der Waals surface area contributed by atoms with Crippen molar-refractivity contribution >= 4 is 23.5 Å². The predicted molar refractivity (Wildman–Crippen MR) is 72.5 cm³/mol. The molecule has 84 valence electrons. The van der Waals surface area contributed by atoms with Gasteiger partial charge in [-0.25, -0.2) is 0 Å². The molecule has 0 bridgehead atoms. The first kappa shape index (κ1) is 10.3. The molecule has 1 N–H and O–H groups in total. The van der Waals surface area contributed by atoms with Crippen LogP contribution in [0.4, 0.5) is 0 Å². The molecular weight excluding hydrogens is 214 g/mol. The fourth-order valence-corrected chi connectivity index (χ4v) is 3.00. The maximum Gasteiger partial charge on any atom is 0.0459 e. The molecule has 1 aromatic carbocycles. The number of nitrogens with one attached hydrogen (secondary N) is 1. The van der Waals surface area contributed by atoms with Crippen LogP contribution in [0.1, 0.15) is 29.7 Å². The number of hydrogen-bond donors (Lipinski definition) is 2. The van der Waals surface area contributed by atoms with Gasteiger partial charge >= 0.3 is 0 Å². The first-order valence-corrected chi connectivity index (χ1v) is 6.75. The predicted octanol–water partition coefficient (Wildman–Crippen LogP) is 3.52. The highest BCUT2D eigenvalue weighted by molar-refractivity contribution is 7.80. The van der Waals surface area contributed by atoms with E-state index in [1.54, 1.807) is 5.56 Å². The number of aromatic amines is 1. The number of thiol groups is 1. The molecule has 3 rings (SSSR count). The van der Waals surface area contributed by atoms with Crippen LogP contribution in [0.5, 0.6) is 0 Å². The van der Waals surface area contributed by atoms with E-state index in [9.17, 15) is 0 Å². The zero-order chi connectivity index (χ0) is 11.0. The lowest BCUT2D eigenvalue weighted by Crippen LogP contribution is -2.00. The minimum Gasteiger partial charge on any atom is -0.358 e. The molecule has 2 heteroatoms. The van der Waals surface area contributed by atoms with Gasteiger partial charge in [-0.1, -0.05) is 6.07 Å². The number of fused-ring (bicyclic) bond motifs is 3. The molecule has 0 fully saturated rings. The van der Waals surface area contributed by atoms with Crippen molar-refractivity contribution in [3.05, 3.63) is 35.0 Å². The largest absolute Gasteiger partial charge is 0.358 e. The lowest BCUT2D eigenvalue weighted by atomic mass is 9.95. The molecule has 1 nitrogen and oxygen atoms in total. The third-order valence-electron chi connectivity index (χ3n) is 3.56. The van der Waals surface area contributed by atoms with Gasteiger partial charge in [0, 0.05) is 16.6 Å². The molecule has 0 atom stereocenters. The van der Waals surface area contributed by atoms with E-state index in [2.05, 4.69) is 35.8 Å². The van der Waals surface area contributed by atoms with Crippen molar-refractivity contribution in [1.82, 2.24) is 4.98 Å². The van der Waals surface area contributed by atoms with Crippen LogP contribution < -0.4 is 0 Å². The molecule has 2 aromatic rings. The normalized spacial score (nSPS) is 15.3. The summed E-state index contributed by atoms with van der Waals surface area (Å²) in [6.45, 7) is 0. The van der Waals surface area contributed by atoms with Crippen molar-refractivity contribution in [2.24, 2.45) is 0 Å². The number of hydrogen-bond acceptors (Lipinski definition) is 1. The minimum atomic E-state index is 0.929. The molecule has 0 saturated carbocycles. The topological polar surface area (TPSA) is 15.8 Å². The summed E-state index contributed by atoms with van der Waals surface area (Å²) >= 11 is 4.30. The Labute approximate surface area is 102 Å². The van der Waals surface area contributed by atoms with Crippen LogP contribution in [0.15, 0.2) is 18.2 Å². The van der Waals surface area contributed by atoms with E-state index in [4.69, 9.17) is 0 Å². The summed E-state index contributed by atoms with van der Waals surface area (Å²) in [4.78, 5) is 3.57. The fourth-order valence-electron chi connectivity index (χ4n) is 2.74. The molecule has 0 aliphatic heterocycles. The monoisotopic (exact) mass is 231 g/mol.